The lowest BCUT2D eigenvalue weighted by atomic mass is 10.1. The van der Waals surface area contributed by atoms with E-state index in [1.54, 1.807) is 30.6 Å². The smallest absolute Gasteiger partial charge is 0.293 e. The number of thiazole rings is 1. The fraction of sp³-hybridized carbons (Fsp3) is 0.273. The molecule has 1 aromatic heterocycles. The van der Waals surface area contributed by atoms with Gasteiger partial charge in [0.25, 0.3) is 5.69 Å². The molecular weight excluding hydrogens is 414 g/mol. The number of aromatic nitrogens is 1. The number of ether oxygens (including phenoxy) is 1. The summed E-state index contributed by atoms with van der Waals surface area (Å²) in [5.41, 5.74) is 2.93. The molecule has 8 nitrogen and oxygen atoms in total. The third-order valence-corrected chi connectivity index (χ3v) is 6.23. The maximum absolute atomic E-state index is 11.4. The highest BCUT2D eigenvalue weighted by molar-refractivity contribution is 7.13. The average Bonchev–Trinajstić information content (AvgIpc) is 3.27. The molecule has 0 unspecified atom stereocenters. The van der Waals surface area contributed by atoms with Crippen LogP contribution in [0, 0.1) is 21.4 Å². The van der Waals surface area contributed by atoms with E-state index in [1.165, 1.54) is 6.07 Å². The standard InChI is InChI=1S/C22H21N5O3S/c1-30-19-5-3-17(4-6-19)22-24-18(15-31-22)14-25-8-10-26(11-9-25)20-7-2-16(13-23)12-21(20)27(28)29/h2-7,12,15H,8-11,14H2,1H3. The van der Waals surface area contributed by atoms with Crippen molar-refractivity contribution in [3.63, 3.8) is 0 Å². The molecule has 0 amide bonds. The Morgan fingerprint density at radius 2 is 1.94 bits per heavy atom. The Hall–Kier alpha value is -3.48. The van der Waals surface area contributed by atoms with Gasteiger partial charge in [0.2, 0.25) is 0 Å². The van der Waals surface area contributed by atoms with E-state index in [0.717, 1.165) is 41.6 Å². The van der Waals surface area contributed by atoms with Crippen molar-refractivity contribution in [1.29, 1.82) is 5.26 Å². The zero-order valence-electron chi connectivity index (χ0n) is 17.0. The molecule has 1 saturated heterocycles. The third-order valence-electron chi connectivity index (χ3n) is 5.29. The van der Waals surface area contributed by atoms with Crippen LogP contribution in [0.5, 0.6) is 5.75 Å². The summed E-state index contributed by atoms with van der Waals surface area (Å²) in [4.78, 5) is 20.1. The minimum atomic E-state index is -0.418. The molecule has 31 heavy (non-hydrogen) atoms. The number of anilines is 1. The van der Waals surface area contributed by atoms with Crippen molar-refractivity contribution in [2.24, 2.45) is 0 Å². The molecule has 1 aliphatic heterocycles. The molecule has 0 atom stereocenters. The lowest BCUT2D eigenvalue weighted by Crippen LogP contribution is -2.46. The Labute approximate surface area is 184 Å². The van der Waals surface area contributed by atoms with Crippen molar-refractivity contribution in [2.45, 2.75) is 6.54 Å². The molecule has 4 rings (SSSR count). The summed E-state index contributed by atoms with van der Waals surface area (Å²) in [7, 11) is 1.65. The first kappa shape index (κ1) is 20.8. The van der Waals surface area contributed by atoms with Gasteiger partial charge in [-0.05, 0) is 36.4 Å². The van der Waals surface area contributed by atoms with Gasteiger partial charge in [0.1, 0.15) is 16.4 Å². The van der Waals surface area contributed by atoms with Crippen molar-refractivity contribution >= 4 is 22.7 Å². The molecule has 1 fully saturated rings. The third kappa shape index (κ3) is 4.66. The van der Waals surface area contributed by atoms with Gasteiger partial charge < -0.3 is 9.64 Å². The Balaban J connectivity index is 1.38. The lowest BCUT2D eigenvalue weighted by molar-refractivity contribution is -0.384. The minimum Gasteiger partial charge on any atom is -0.497 e. The molecule has 0 radical (unpaired) electrons. The summed E-state index contributed by atoms with van der Waals surface area (Å²) >= 11 is 1.62. The van der Waals surface area contributed by atoms with Gasteiger partial charge in [0.15, 0.2) is 0 Å². The number of nitriles is 1. The molecule has 0 aliphatic carbocycles. The molecule has 0 saturated carbocycles. The van der Waals surface area contributed by atoms with Crippen molar-refractivity contribution in [3.8, 4) is 22.4 Å². The van der Waals surface area contributed by atoms with E-state index in [1.807, 2.05) is 35.2 Å². The van der Waals surface area contributed by atoms with Crippen LogP contribution in [0.2, 0.25) is 0 Å². The summed E-state index contributed by atoms with van der Waals surface area (Å²) in [6, 6.07) is 14.5. The van der Waals surface area contributed by atoms with Crippen LogP contribution in [-0.2, 0) is 6.54 Å². The highest BCUT2D eigenvalue weighted by Gasteiger charge is 2.24. The van der Waals surface area contributed by atoms with Gasteiger partial charge in [-0.1, -0.05) is 0 Å². The van der Waals surface area contributed by atoms with E-state index >= 15 is 0 Å². The summed E-state index contributed by atoms with van der Waals surface area (Å²) in [5.74, 6) is 0.820. The molecule has 0 bridgehead atoms. The zero-order chi connectivity index (χ0) is 21.8. The maximum Gasteiger partial charge on any atom is 0.293 e. The van der Waals surface area contributed by atoms with Crippen LogP contribution in [-0.4, -0.2) is 48.1 Å². The first-order valence-corrected chi connectivity index (χ1v) is 10.7. The normalized spacial score (nSPS) is 14.3. The van der Waals surface area contributed by atoms with Crippen LogP contribution < -0.4 is 9.64 Å². The molecule has 2 aromatic carbocycles. The van der Waals surface area contributed by atoms with Crippen LogP contribution in [0.4, 0.5) is 11.4 Å². The quantitative estimate of drug-likeness (QED) is 0.428. The Kier molecular flexibility index (Phi) is 6.11. The molecule has 3 aromatic rings. The van der Waals surface area contributed by atoms with Gasteiger partial charge >= 0.3 is 0 Å². The van der Waals surface area contributed by atoms with E-state index in [9.17, 15) is 10.1 Å². The number of benzene rings is 2. The number of piperazine rings is 1. The average molecular weight is 436 g/mol. The number of nitro benzene ring substituents is 1. The van der Waals surface area contributed by atoms with E-state index in [2.05, 4.69) is 10.3 Å². The van der Waals surface area contributed by atoms with Crippen molar-refractivity contribution in [1.82, 2.24) is 9.88 Å². The topological polar surface area (TPSA) is 95.5 Å². The van der Waals surface area contributed by atoms with E-state index < -0.39 is 4.92 Å². The van der Waals surface area contributed by atoms with Crippen LogP contribution >= 0.6 is 11.3 Å². The van der Waals surface area contributed by atoms with Gasteiger partial charge in [-0.25, -0.2) is 4.98 Å². The molecule has 1 aliphatic rings. The molecule has 0 N–H and O–H groups in total. The molecule has 0 spiro atoms. The van der Waals surface area contributed by atoms with E-state index in [-0.39, 0.29) is 5.69 Å². The Morgan fingerprint density at radius 1 is 1.19 bits per heavy atom. The number of hydrogen-bond donors (Lipinski definition) is 0. The fourth-order valence-corrected chi connectivity index (χ4v) is 4.45. The van der Waals surface area contributed by atoms with Crippen molar-refractivity contribution < 1.29 is 9.66 Å². The number of hydrogen-bond acceptors (Lipinski definition) is 8. The van der Waals surface area contributed by atoms with Crippen LogP contribution in [0.3, 0.4) is 0 Å². The summed E-state index contributed by atoms with van der Waals surface area (Å²) in [6.45, 7) is 3.68. The number of methoxy groups -OCH3 is 1. The van der Waals surface area contributed by atoms with Gasteiger partial charge in [-0.15, -0.1) is 11.3 Å². The molecule has 158 valence electrons. The minimum absolute atomic E-state index is 0.0175. The van der Waals surface area contributed by atoms with Gasteiger partial charge in [-0.3, -0.25) is 15.0 Å². The second kappa shape index (κ2) is 9.12. The monoisotopic (exact) mass is 435 g/mol. The van der Waals surface area contributed by atoms with Crippen LogP contribution in [0.25, 0.3) is 10.6 Å². The number of nitro groups is 1. The maximum atomic E-state index is 11.4. The largest absolute Gasteiger partial charge is 0.497 e. The fourth-order valence-electron chi connectivity index (χ4n) is 3.63. The molecular formula is C22H21N5O3S. The highest BCUT2D eigenvalue weighted by Crippen LogP contribution is 2.30. The summed E-state index contributed by atoms with van der Waals surface area (Å²) in [5, 5.41) is 23.5. The Bertz CT molecular complexity index is 1110. The van der Waals surface area contributed by atoms with Crippen molar-refractivity contribution in [2.75, 3.05) is 38.2 Å². The second-order valence-electron chi connectivity index (χ2n) is 7.21. The molecule has 2 heterocycles. The SMILES string of the molecule is COc1ccc(-c2nc(CN3CCN(c4ccc(C#N)cc4[N+](=O)[O-])CC3)cs2)cc1. The van der Waals surface area contributed by atoms with E-state index in [0.29, 0.717) is 24.3 Å². The predicted octanol–water partition coefficient (Wildman–Crippen LogP) is 3.92. The summed E-state index contributed by atoms with van der Waals surface area (Å²) < 4.78 is 5.20. The van der Waals surface area contributed by atoms with Gasteiger partial charge in [0.05, 0.1) is 29.4 Å². The van der Waals surface area contributed by atoms with Crippen molar-refractivity contribution in [3.05, 3.63) is 69.2 Å². The second-order valence-corrected chi connectivity index (χ2v) is 8.07. The first-order valence-electron chi connectivity index (χ1n) is 9.82. The Morgan fingerprint density at radius 3 is 2.58 bits per heavy atom. The van der Waals surface area contributed by atoms with Gasteiger partial charge in [-0.2, -0.15) is 5.26 Å². The molecule has 9 heteroatoms. The number of rotatable bonds is 6. The number of nitrogens with zero attached hydrogens (tertiary/aromatic N) is 5. The first-order chi connectivity index (χ1) is 15.1. The van der Waals surface area contributed by atoms with Crippen LogP contribution in [0.1, 0.15) is 11.3 Å². The predicted molar refractivity (Wildman–Crippen MR) is 119 cm³/mol. The van der Waals surface area contributed by atoms with Crippen LogP contribution in [0.15, 0.2) is 47.8 Å². The van der Waals surface area contributed by atoms with Gasteiger partial charge in [0, 0.05) is 49.7 Å². The summed E-state index contributed by atoms with van der Waals surface area (Å²) in [6.07, 6.45) is 0. The lowest BCUT2D eigenvalue weighted by Gasteiger charge is -2.35. The highest BCUT2D eigenvalue weighted by atomic mass is 32.1. The van der Waals surface area contributed by atoms with E-state index in [4.69, 9.17) is 15.0 Å². The zero-order valence-corrected chi connectivity index (χ0v) is 17.8.